The molecule has 0 spiro atoms. The highest BCUT2D eigenvalue weighted by Gasteiger charge is 2.42. The first-order chi connectivity index (χ1) is 5.07. The van der Waals surface area contributed by atoms with Crippen molar-refractivity contribution in [2.75, 3.05) is 18.8 Å². The Morgan fingerprint density at radius 3 is 2.00 bits per heavy atom. The zero-order valence-corrected chi connectivity index (χ0v) is 8.79. The van der Waals surface area contributed by atoms with Crippen LogP contribution in [0.5, 0.6) is 0 Å². The Kier molecular flexibility index (Phi) is 1.75. The summed E-state index contributed by atoms with van der Waals surface area (Å²) in [5, 5.41) is 1.13. The van der Waals surface area contributed by atoms with Gasteiger partial charge in [-0.25, -0.2) is 10.0 Å². The van der Waals surface area contributed by atoms with Crippen LogP contribution in [0, 0.1) is 11.8 Å². The van der Waals surface area contributed by atoms with Gasteiger partial charge in [-0.05, 0) is 55.1 Å². The lowest BCUT2D eigenvalue weighted by Gasteiger charge is -2.39. The largest absolute Gasteiger partial charge is 0.247 e. The lowest BCUT2D eigenvalue weighted by molar-refractivity contribution is 0.489. The van der Waals surface area contributed by atoms with Gasteiger partial charge in [0.1, 0.15) is 0 Å². The molecule has 0 amide bonds. The van der Waals surface area contributed by atoms with Gasteiger partial charge in [-0.2, -0.15) is 0 Å². The quantitative estimate of drug-likeness (QED) is 0.570. The molecule has 2 fully saturated rings. The highest BCUT2D eigenvalue weighted by Crippen LogP contribution is 2.58. The second-order valence-electron chi connectivity index (χ2n) is 5.15. The van der Waals surface area contributed by atoms with Crippen LogP contribution in [0.4, 0.5) is 0 Å². The van der Waals surface area contributed by atoms with Crippen LogP contribution in [0.3, 0.4) is 0 Å². The van der Waals surface area contributed by atoms with E-state index < -0.39 is 0 Å². The molecule has 66 valence electrons. The van der Waals surface area contributed by atoms with Gasteiger partial charge in [0.15, 0.2) is 0 Å². The van der Waals surface area contributed by atoms with Gasteiger partial charge in [0.05, 0.1) is 0 Å². The molecule has 0 radical (unpaired) electrons. The monoisotopic (exact) mass is 172 g/mol. The molecule has 3 unspecified atom stereocenters. The molecule has 0 aliphatic heterocycles. The molecule has 2 saturated carbocycles. The minimum atomic E-state index is -0.233. The Labute approximate surface area is 72.1 Å². The van der Waals surface area contributed by atoms with Gasteiger partial charge in [-0.3, -0.25) is 0 Å². The molecule has 2 aliphatic carbocycles. The fourth-order valence-corrected chi connectivity index (χ4v) is 5.30. The lowest BCUT2D eigenvalue weighted by Crippen LogP contribution is -2.22. The Hall–Kier alpha value is 0.350. The zero-order chi connectivity index (χ0) is 8.06. The average Bonchev–Trinajstić information content (AvgIpc) is 2.42. The smallest absolute Gasteiger partial charge is 0.00881 e. The van der Waals surface area contributed by atoms with Crippen molar-refractivity contribution in [3.8, 4) is 0 Å². The van der Waals surface area contributed by atoms with E-state index in [1.165, 1.54) is 0 Å². The molecule has 0 aromatic carbocycles. The minimum Gasteiger partial charge on any atom is -0.247 e. The highest BCUT2D eigenvalue weighted by molar-refractivity contribution is 8.32. The summed E-state index contributed by atoms with van der Waals surface area (Å²) in [6.45, 7) is 0. The Morgan fingerprint density at radius 2 is 1.73 bits per heavy atom. The predicted molar refractivity (Wildman–Crippen MR) is 54.6 cm³/mol. The summed E-state index contributed by atoms with van der Waals surface area (Å²) in [6.07, 6.45) is 13.8. The SMILES string of the molecule is CS(C)(C)C1CC2CCC1C2. The summed E-state index contributed by atoms with van der Waals surface area (Å²) in [4.78, 5) is 0. The topological polar surface area (TPSA) is 0 Å². The van der Waals surface area contributed by atoms with Crippen molar-refractivity contribution in [1.29, 1.82) is 0 Å². The van der Waals surface area contributed by atoms with Crippen LogP contribution < -0.4 is 0 Å². The summed E-state index contributed by atoms with van der Waals surface area (Å²) in [6, 6.07) is 0. The molecule has 1 heteroatoms. The van der Waals surface area contributed by atoms with Crippen LogP contribution >= 0.6 is 10.0 Å². The molecular formula is C10H20S. The van der Waals surface area contributed by atoms with Gasteiger partial charge in [0.25, 0.3) is 0 Å². The van der Waals surface area contributed by atoms with Crippen LogP contribution in [0.1, 0.15) is 25.7 Å². The second-order valence-corrected chi connectivity index (χ2v) is 9.61. The summed E-state index contributed by atoms with van der Waals surface area (Å²) in [5.41, 5.74) is 0. The van der Waals surface area contributed by atoms with Crippen molar-refractivity contribution < 1.29 is 0 Å². The maximum absolute atomic E-state index is 2.50. The third-order valence-corrected chi connectivity index (χ3v) is 5.98. The number of hydrogen-bond donors (Lipinski definition) is 0. The summed E-state index contributed by atoms with van der Waals surface area (Å²) >= 11 is 0. The lowest BCUT2D eigenvalue weighted by atomic mass is 10.0. The van der Waals surface area contributed by atoms with Crippen LogP contribution in [0.15, 0.2) is 0 Å². The van der Waals surface area contributed by atoms with E-state index in [2.05, 4.69) is 18.8 Å². The molecule has 2 rings (SSSR count). The first-order valence-electron chi connectivity index (χ1n) is 4.74. The molecule has 0 aromatic rings. The third-order valence-electron chi connectivity index (χ3n) is 3.58. The molecule has 11 heavy (non-hydrogen) atoms. The number of rotatable bonds is 1. The van der Waals surface area contributed by atoms with Crippen LogP contribution in [0.2, 0.25) is 0 Å². The van der Waals surface area contributed by atoms with Gasteiger partial charge in [-0.15, -0.1) is 0 Å². The Balaban J connectivity index is 2.08. The van der Waals surface area contributed by atoms with E-state index in [4.69, 9.17) is 0 Å². The van der Waals surface area contributed by atoms with Gasteiger partial charge >= 0.3 is 0 Å². The minimum absolute atomic E-state index is 0.233. The van der Waals surface area contributed by atoms with Crippen LogP contribution in [-0.2, 0) is 0 Å². The summed E-state index contributed by atoms with van der Waals surface area (Å²) < 4.78 is 0. The van der Waals surface area contributed by atoms with Crippen molar-refractivity contribution in [3.63, 3.8) is 0 Å². The van der Waals surface area contributed by atoms with E-state index in [-0.39, 0.29) is 10.0 Å². The molecule has 0 N–H and O–H groups in total. The van der Waals surface area contributed by atoms with E-state index in [0.717, 1.165) is 17.1 Å². The summed E-state index contributed by atoms with van der Waals surface area (Å²) in [7, 11) is -0.233. The normalized spacial score (nSPS) is 44.8. The maximum atomic E-state index is 2.50. The molecule has 0 saturated heterocycles. The standard InChI is InChI=1S/C10H20S/c1-11(2,3)10-7-8-4-5-9(10)6-8/h8-10H,4-7H2,1-3H3. The van der Waals surface area contributed by atoms with Gasteiger partial charge in [0.2, 0.25) is 0 Å². The first kappa shape index (κ1) is 7.97. The molecular weight excluding hydrogens is 152 g/mol. The number of hydrogen-bond acceptors (Lipinski definition) is 0. The molecule has 2 aliphatic rings. The van der Waals surface area contributed by atoms with Crippen molar-refractivity contribution in [1.82, 2.24) is 0 Å². The van der Waals surface area contributed by atoms with Crippen molar-refractivity contribution >= 4 is 10.0 Å². The Bertz CT molecular complexity index is 157. The average molecular weight is 172 g/mol. The third kappa shape index (κ3) is 1.32. The van der Waals surface area contributed by atoms with E-state index in [0.29, 0.717) is 0 Å². The fourth-order valence-electron chi connectivity index (χ4n) is 3.05. The van der Waals surface area contributed by atoms with Crippen LogP contribution in [0.25, 0.3) is 0 Å². The van der Waals surface area contributed by atoms with E-state index in [9.17, 15) is 0 Å². The first-order valence-corrected chi connectivity index (χ1v) is 7.66. The van der Waals surface area contributed by atoms with Gasteiger partial charge in [0, 0.05) is 0 Å². The van der Waals surface area contributed by atoms with Gasteiger partial charge in [-0.1, -0.05) is 6.42 Å². The highest BCUT2D eigenvalue weighted by atomic mass is 32.3. The zero-order valence-electron chi connectivity index (χ0n) is 7.97. The Morgan fingerprint density at radius 1 is 1.00 bits per heavy atom. The van der Waals surface area contributed by atoms with Crippen molar-refractivity contribution in [2.45, 2.75) is 30.9 Å². The van der Waals surface area contributed by atoms with E-state index in [1.807, 2.05) is 0 Å². The fraction of sp³-hybridized carbons (Fsp3) is 1.00. The molecule has 2 bridgehead atoms. The van der Waals surface area contributed by atoms with E-state index in [1.54, 1.807) is 25.7 Å². The van der Waals surface area contributed by atoms with Gasteiger partial charge < -0.3 is 0 Å². The predicted octanol–water partition coefficient (Wildman–Crippen LogP) is 2.87. The van der Waals surface area contributed by atoms with E-state index >= 15 is 0 Å². The molecule has 3 atom stereocenters. The summed E-state index contributed by atoms with van der Waals surface area (Å²) in [5.74, 6) is 2.27. The molecule has 0 nitrogen and oxygen atoms in total. The molecule has 0 aromatic heterocycles. The maximum Gasteiger partial charge on any atom is -0.00881 e. The van der Waals surface area contributed by atoms with Crippen LogP contribution in [-0.4, -0.2) is 24.0 Å². The number of fused-ring (bicyclic) bond motifs is 2. The molecule has 0 heterocycles. The van der Waals surface area contributed by atoms with Crippen molar-refractivity contribution in [3.05, 3.63) is 0 Å². The second kappa shape index (κ2) is 2.42. The van der Waals surface area contributed by atoms with Crippen molar-refractivity contribution in [2.24, 2.45) is 11.8 Å².